The first-order chi connectivity index (χ1) is 8.49. The molecular weight excluding hydrogens is 318 g/mol. The first-order valence-electron chi connectivity index (χ1n) is 5.04. The number of anilines is 1. The van der Waals surface area contributed by atoms with Crippen molar-refractivity contribution in [2.24, 2.45) is 0 Å². The molecule has 0 fully saturated rings. The van der Waals surface area contributed by atoms with Crippen LogP contribution in [-0.2, 0) is 10.0 Å². The molecule has 0 unspecified atom stereocenters. The quantitative estimate of drug-likeness (QED) is 0.939. The molecule has 2 rings (SSSR count). The second-order valence-corrected chi connectivity index (χ2v) is 6.21. The molecule has 5 nitrogen and oxygen atoms in total. The summed E-state index contributed by atoms with van der Waals surface area (Å²) in [6, 6.07) is 5.01. The Morgan fingerprint density at radius 2 is 2.11 bits per heavy atom. The van der Waals surface area contributed by atoms with Gasteiger partial charge in [0.2, 0.25) is 0 Å². The van der Waals surface area contributed by atoms with Crippen LogP contribution in [0.25, 0.3) is 0 Å². The van der Waals surface area contributed by atoms with Crippen LogP contribution in [0.2, 0.25) is 0 Å². The molecule has 7 heteroatoms. The molecule has 0 aliphatic heterocycles. The van der Waals surface area contributed by atoms with Crippen molar-refractivity contribution < 1.29 is 8.42 Å². The van der Waals surface area contributed by atoms with Gasteiger partial charge >= 0.3 is 0 Å². The lowest BCUT2D eigenvalue weighted by atomic mass is 10.3. The van der Waals surface area contributed by atoms with Gasteiger partial charge in [0.15, 0.2) is 0 Å². The number of halogens is 1. The standard InChI is InChI=1S/C11H10BrN3O2S/c1-8-3-2-4-14-11(8)15-18(16,17)10-5-9(12)6-13-7-10/h2-7H,1H3,(H,14,15). The van der Waals surface area contributed by atoms with Gasteiger partial charge in [0.1, 0.15) is 10.7 Å². The molecule has 18 heavy (non-hydrogen) atoms. The normalized spacial score (nSPS) is 11.2. The predicted molar refractivity (Wildman–Crippen MR) is 71.7 cm³/mol. The molecule has 0 bridgehead atoms. The Morgan fingerprint density at radius 3 is 2.78 bits per heavy atom. The summed E-state index contributed by atoms with van der Waals surface area (Å²) in [6.45, 7) is 1.78. The number of nitrogens with zero attached hydrogens (tertiary/aromatic N) is 2. The lowest BCUT2D eigenvalue weighted by Crippen LogP contribution is -2.15. The van der Waals surface area contributed by atoms with E-state index < -0.39 is 10.0 Å². The van der Waals surface area contributed by atoms with Gasteiger partial charge in [-0.25, -0.2) is 13.4 Å². The molecule has 2 aromatic heterocycles. The Balaban J connectivity index is 2.37. The Morgan fingerprint density at radius 1 is 1.33 bits per heavy atom. The molecule has 94 valence electrons. The maximum atomic E-state index is 12.1. The predicted octanol–water partition coefficient (Wildman–Crippen LogP) is 2.35. The van der Waals surface area contributed by atoms with E-state index in [1.807, 2.05) is 0 Å². The van der Waals surface area contributed by atoms with E-state index in [2.05, 4.69) is 30.6 Å². The Labute approximate surface area is 113 Å². The number of hydrogen-bond acceptors (Lipinski definition) is 4. The topological polar surface area (TPSA) is 72.0 Å². The van der Waals surface area contributed by atoms with Gasteiger partial charge in [0.25, 0.3) is 10.0 Å². The molecule has 0 amide bonds. The van der Waals surface area contributed by atoms with Crippen molar-refractivity contribution in [1.29, 1.82) is 0 Å². The van der Waals surface area contributed by atoms with Crippen molar-refractivity contribution in [2.45, 2.75) is 11.8 Å². The summed E-state index contributed by atoms with van der Waals surface area (Å²) >= 11 is 3.18. The molecular formula is C11H10BrN3O2S. The fraction of sp³-hybridized carbons (Fsp3) is 0.0909. The maximum Gasteiger partial charge on any atom is 0.264 e. The van der Waals surface area contributed by atoms with Gasteiger partial charge in [0.05, 0.1) is 0 Å². The van der Waals surface area contributed by atoms with Crippen LogP contribution < -0.4 is 4.72 Å². The summed E-state index contributed by atoms with van der Waals surface area (Å²) in [5, 5.41) is 0. The molecule has 1 N–H and O–H groups in total. The molecule has 0 spiro atoms. The zero-order valence-corrected chi connectivity index (χ0v) is 11.9. The van der Waals surface area contributed by atoms with Crippen LogP contribution in [0.1, 0.15) is 5.56 Å². The van der Waals surface area contributed by atoms with E-state index in [4.69, 9.17) is 0 Å². The molecule has 2 aromatic rings. The van der Waals surface area contributed by atoms with Crippen molar-refractivity contribution in [3.05, 3.63) is 46.8 Å². The van der Waals surface area contributed by atoms with Crippen LogP contribution in [-0.4, -0.2) is 18.4 Å². The lowest BCUT2D eigenvalue weighted by molar-refractivity contribution is 0.600. The highest BCUT2D eigenvalue weighted by Crippen LogP contribution is 2.18. The third-order valence-electron chi connectivity index (χ3n) is 2.23. The van der Waals surface area contributed by atoms with Gasteiger partial charge in [-0.05, 0) is 40.5 Å². The average Bonchev–Trinajstić information content (AvgIpc) is 2.32. The summed E-state index contributed by atoms with van der Waals surface area (Å²) < 4.78 is 27.2. The molecule has 0 radical (unpaired) electrons. The molecule has 0 aliphatic rings. The van der Waals surface area contributed by atoms with Crippen LogP contribution in [0.15, 0.2) is 46.2 Å². The van der Waals surface area contributed by atoms with E-state index in [0.717, 1.165) is 5.56 Å². The van der Waals surface area contributed by atoms with E-state index in [-0.39, 0.29) is 4.90 Å². The van der Waals surface area contributed by atoms with E-state index in [1.165, 1.54) is 24.7 Å². The maximum absolute atomic E-state index is 12.1. The Kier molecular flexibility index (Phi) is 3.63. The van der Waals surface area contributed by atoms with Crippen molar-refractivity contribution in [2.75, 3.05) is 4.72 Å². The van der Waals surface area contributed by atoms with Gasteiger partial charge in [-0.2, -0.15) is 0 Å². The first kappa shape index (κ1) is 13.0. The number of pyridine rings is 2. The molecule has 0 aromatic carbocycles. The summed E-state index contributed by atoms with van der Waals surface area (Å²) in [5.74, 6) is 0.317. The largest absolute Gasteiger partial charge is 0.264 e. The van der Waals surface area contributed by atoms with Gasteiger partial charge in [-0.15, -0.1) is 0 Å². The minimum Gasteiger partial charge on any atom is -0.263 e. The summed E-state index contributed by atoms with van der Waals surface area (Å²) in [7, 11) is -3.66. The summed E-state index contributed by atoms with van der Waals surface area (Å²) in [6.07, 6.45) is 4.33. The minimum atomic E-state index is -3.66. The second kappa shape index (κ2) is 5.03. The van der Waals surface area contributed by atoms with E-state index in [0.29, 0.717) is 10.3 Å². The smallest absolute Gasteiger partial charge is 0.263 e. The number of rotatable bonds is 3. The van der Waals surface area contributed by atoms with Gasteiger partial charge in [-0.1, -0.05) is 6.07 Å². The number of sulfonamides is 1. The van der Waals surface area contributed by atoms with Crippen molar-refractivity contribution in [3.63, 3.8) is 0 Å². The number of aromatic nitrogens is 2. The second-order valence-electron chi connectivity index (χ2n) is 3.61. The number of hydrogen-bond donors (Lipinski definition) is 1. The highest BCUT2D eigenvalue weighted by Gasteiger charge is 2.16. The SMILES string of the molecule is Cc1cccnc1NS(=O)(=O)c1cncc(Br)c1. The van der Waals surface area contributed by atoms with Gasteiger partial charge < -0.3 is 0 Å². The molecule has 2 heterocycles. The number of aryl methyl sites for hydroxylation is 1. The van der Waals surface area contributed by atoms with E-state index >= 15 is 0 Å². The average molecular weight is 328 g/mol. The van der Waals surface area contributed by atoms with E-state index in [1.54, 1.807) is 19.1 Å². The number of nitrogens with one attached hydrogen (secondary N) is 1. The Bertz CT molecular complexity index is 673. The molecule has 0 aliphatic carbocycles. The summed E-state index contributed by atoms with van der Waals surface area (Å²) in [4.78, 5) is 7.90. The molecule has 0 atom stereocenters. The fourth-order valence-electron chi connectivity index (χ4n) is 1.32. The highest BCUT2D eigenvalue weighted by atomic mass is 79.9. The molecule has 0 saturated carbocycles. The zero-order valence-electron chi connectivity index (χ0n) is 9.46. The van der Waals surface area contributed by atoms with Crippen LogP contribution >= 0.6 is 15.9 Å². The molecule has 0 saturated heterocycles. The first-order valence-corrected chi connectivity index (χ1v) is 7.31. The monoisotopic (exact) mass is 327 g/mol. The van der Waals surface area contributed by atoms with Gasteiger partial charge in [-0.3, -0.25) is 9.71 Å². The van der Waals surface area contributed by atoms with Crippen LogP contribution in [0, 0.1) is 6.92 Å². The van der Waals surface area contributed by atoms with Crippen LogP contribution in [0.3, 0.4) is 0 Å². The van der Waals surface area contributed by atoms with Crippen molar-refractivity contribution >= 4 is 31.8 Å². The van der Waals surface area contributed by atoms with Crippen molar-refractivity contribution in [1.82, 2.24) is 9.97 Å². The van der Waals surface area contributed by atoms with E-state index in [9.17, 15) is 8.42 Å². The van der Waals surface area contributed by atoms with Crippen LogP contribution in [0.5, 0.6) is 0 Å². The highest BCUT2D eigenvalue weighted by molar-refractivity contribution is 9.10. The lowest BCUT2D eigenvalue weighted by Gasteiger charge is -2.08. The van der Waals surface area contributed by atoms with Crippen molar-refractivity contribution in [3.8, 4) is 0 Å². The fourth-order valence-corrected chi connectivity index (χ4v) is 2.90. The third kappa shape index (κ3) is 2.85. The van der Waals surface area contributed by atoms with Gasteiger partial charge in [0, 0.05) is 23.1 Å². The third-order valence-corrected chi connectivity index (χ3v) is 3.97. The Hall–Kier alpha value is -1.47. The van der Waals surface area contributed by atoms with Crippen LogP contribution in [0.4, 0.5) is 5.82 Å². The minimum absolute atomic E-state index is 0.0851. The zero-order chi connectivity index (χ0) is 13.2. The summed E-state index contributed by atoms with van der Waals surface area (Å²) in [5.41, 5.74) is 0.754.